The van der Waals surface area contributed by atoms with E-state index in [-0.39, 0.29) is 18.8 Å². The number of ketones is 1. The second-order valence-electron chi connectivity index (χ2n) is 4.79. The third kappa shape index (κ3) is 4.02. The number of rotatable bonds is 7. The van der Waals surface area contributed by atoms with Gasteiger partial charge in [0, 0.05) is 5.56 Å². The molecule has 0 aliphatic rings. The van der Waals surface area contributed by atoms with Crippen molar-refractivity contribution >= 4 is 11.8 Å². The molecule has 1 unspecified atom stereocenters. The second-order valence-corrected chi connectivity index (χ2v) is 4.79. The molecule has 0 spiro atoms. The van der Waals surface area contributed by atoms with Crippen LogP contribution in [-0.4, -0.2) is 24.2 Å². The zero-order chi connectivity index (χ0) is 16.7. The lowest BCUT2D eigenvalue weighted by Gasteiger charge is -2.22. The highest BCUT2D eigenvalue weighted by atomic mass is 19.2. The van der Waals surface area contributed by atoms with Crippen molar-refractivity contribution in [2.45, 2.75) is 19.4 Å². The molecule has 0 saturated heterocycles. The molecule has 0 N–H and O–H groups in total. The number of hydrogen-bond acceptors (Lipinski definition) is 4. The van der Waals surface area contributed by atoms with Crippen molar-refractivity contribution in [1.29, 1.82) is 0 Å². The van der Waals surface area contributed by atoms with Crippen LogP contribution in [0.25, 0.3) is 0 Å². The van der Waals surface area contributed by atoms with E-state index in [1.165, 1.54) is 19.1 Å². The number of carbonyl (C=O) groups excluding carboxylic acids is 2. The van der Waals surface area contributed by atoms with E-state index in [2.05, 4.69) is 4.74 Å². The molecule has 0 aliphatic heterocycles. The number of Topliss-reactive ketones (excluding diaryl/α,β-unsaturated/α-hetero) is 1. The van der Waals surface area contributed by atoms with E-state index in [1.54, 1.807) is 48.5 Å². The average Bonchev–Trinajstić information content (AvgIpc) is 2.61. The van der Waals surface area contributed by atoms with E-state index < -0.39 is 17.6 Å². The molecular formula is C18H17FO4. The Morgan fingerprint density at radius 3 is 2.13 bits per heavy atom. The van der Waals surface area contributed by atoms with Crippen molar-refractivity contribution in [2.24, 2.45) is 0 Å². The second kappa shape index (κ2) is 7.65. The summed E-state index contributed by atoms with van der Waals surface area (Å²) in [6, 6.07) is 16.4. The monoisotopic (exact) mass is 316 g/mol. The number of ether oxygens (including phenoxy) is 2. The van der Waals surface area contributed by atoms with Crippen LogP contribution in [0, 0.1) is 0 Å². The van der Waals surface area contributed by atoms with Gasteiger partial charge in [-0.1, -0.05) is 60.7 Å². The van der Waals surface area contributed by atoms with Gasteiger partial charge in [-0.3, -0.25) is 4.79 Å². The summed E-state index contributed by atoms with van der Waals surface area (Å²) in [6.45, 7) is 1.25. The van der Waals surface area contributed by atoms with Gasteiger partial charge in [0.25, 0.3) is 0 Å². The molecule has 5 heteroatoms. The average molecular weight is 316 g/mol. The minimum absolute atomic E-state index is 0.0381. The van der Waals surface area contributed by atoms with Gasteiger partial charge in [0.15, 0.2) is 0 Å². The molecular weight excluding hydrogens is 299 g/mol. The Kier molecular flexibility index (Phi) is 5.60. The van der Waals surface area contributed by atoms with Crippen molar-refractivity contribution in [3.8, 4) is 0 Å². The number of halogens is 1. The molecule has 0 radical (unpaired) electrons. The fourth-order valence-corrected chi connectivity index (χ4v) is 1.97. The molecule has 0 bridgehead atoms. The van der Waals surface area contributed by atoms with Crippen LogP contribution in [-0.2, 0) is 20.9 Å². The Bertz CT molecular complexity index is 657. The summed E-state index contributed by atoms with van der Waals surface area (Å²) in [4.78, 5) is 24.4. The van der Waals surface area contributed by atoms with Gasteiger partial charge in [0.2, 0.25) is 5.78 Å². The number of alkyl halides is 1. The normalized spacial score (nSPS) is 13.1. The third-order valence-electron chi connectivity index (χ3n) is 3.15. The van der Waals surface area contributed by atoms with Crippen LogP contribution < -0.4 is 0 Å². The van der Waals surface area contributed by atoms with Gasteiger partial charge in [0.1, 0.15) is 0 Å². The summed E-state index contributed by atoms with van der Waals surface area (Å²) in [5.74, 6) is -5.59. The molecule has 0 fully saturated rings. The Hall–Kier alpha value is -2.53. The first kappa shape index (κ1) is 16.8. The number of esters is 1. The largest absolute Gasteiger partial charge is 0.461 e. The zero-order valence-corrected chi connectivity index (χ0v) is 12.7. The van der Waals surface area contributed by atoms with E-state index in [1.807, 2.05) is 0 Å². The smallest absolute Gasteiger partial charge is 0.380 e. The topological polar surface area (TPSA) is 52.6 Å². The minimum Gasteiger partial charge on any atom is -0.461 e. The van der Waals surface area contributed by atoms with Crippen LogP contribution in [0.2, 0.25) is 0 Å². The molecule has 2 aromatic rings. The molecule has 2 rings (SSSR count). The minimum atomic E-state index is -3.17. The van der Waals surface area contributed by atoms with Crippen molar-refractivity contribution in [2.75, 3.05) is 6.61 Å². The highest BCUT2D eigenvalue weighted by Crippen LogP contribution is 2.24. The van der Waals surface area contributed by atoms with Gasteiger partial charge in [-0.05, 0) is 12.5 Å². The molecule has 1 atom stereocenters. The fraction of sp³-hybridized carbons (Fsp3) is 0.222. The van der Waals surface area contributed by atoms with E-state index in [9.17, 15) is 9.59 Å². The summed E-state index contributed by atoms with van der Waals surface area (Å²) < 4.78 is 24.8. The lowest BCUT2D eigenvalue weighted by atomic mass is 10.0. The Morgan fingerprint density at radius 2 is 1.57 bits per heavy atom. The van der Waals surface area contributed by atoms with E-state index in [4.69, 9.17) is 4.74 Å². The molecule has 0 aromatic heterocycles. The first-order chi connectivity index (χ1) is 11.1. The predicted octanol–water partition coefficient (Wildman–Crippen LogP) is 3.32. The molecule has 0 aliphatic carbocycles. The molecule has 0 amide bonds. The van der Waals surface area contributed by atoms with Gasteiger partial charge in [-0.15, -0.1) is 0 Å². The first-order valence-electron chi connectivity index (χ1n) is 7.21. The number of hydrogen-bond donors (Lipinski definition) is 0. The molecule has 0 heterocycles. The van der Waals surface area contributed by atoms with Gasteiger partial charge < -0.3 is 9.47 Å². The summed E-state index contributed by atoms with van der Waals surface area (Å²) in [7, 11) is 0. The third-order valence-corrected chi connectivity index (χ3v) is 3.15. The van der Waals surface area contributed by atoms with Gasteiger partial charge in [-0.2, -0.15) is 4.39 Å². The van der Waals surface area contributed by atoms with Gasteiger partial charge in [0.05, 0.1) is 13.2 Å². The van der Waals surface area contributed by atoms with Crippen molar-refractivity contribution < 1.29 is 23.5 Å². The Labute approximate surface area is 133 Å². The number of benzene rings is 2. The van der Waals surface area contributed by atoms with E-state index >= 15 is 4.39 Å². The Balaban J connectivity index is 2.25. The maximum absolute atomic E-state index is 15.1. The van der Waals surface area contributed by atoms with Crippen LogP contribution in [0.15, 0.2) is 60.7 Å². The van der Waals surface area contributed by atoms with Crippen LogP contribution in [0.5, 0.6) is 0 Å². The van der Waals surface area contributed by atoms with Crippen LogP contribution in [0.1, 0.15) is 22.8 Å². The van der Waals surface area contributed by atoms with E-state index in [0.717, 1.165) is 0 Å². The summed E-state index contributed by atoms with van der Waals surface area (Å²) in [5, 5.41) is 0. The molecule has 23 heavy (non-hydrogen) atoms. The van der Waals surface area contributed by atoms with Crippen molar-refractivity contribution in [3.63, 3.8) is 0 Å². The molecule has 120 valence electrons. The lowest BCUT2D eigenvalue weighted by Crippen LogP contribution is -2.46. The molecule has 0 saturated carbocycles. The zero-order valence-electron chi connectivity index (χ0n) is 12.7. The Morgan fingerprint density at radius 1 is 1.00 bits per heavy atom. The van der Waals surface area contributed by atoms with Gasteiger partial charge >= 0.3 is 11.8 Å². The quantitative estimate of drug-likeness (QED) is 0.447. The van der Waals surface area contributed by atoms with Crippen LogP contribution in [0.3, 0.4) is 0 Å². The summed E-state index contributed by atoms with van der Waals surface area (Å²) >= 11 is 0. The van der Waals surface area contributed by atoms with E-state index in [0.29, 0.717) is 5.56 Å². The number of carbonyl (C=O) groups is 2. The fourth-order valence-electron chi connectivity index (χ4n) is 1.97. The van der Waals surface area contributed by atoms with Gasteiger partial charge in [-0.25, -0.2) is 4.79 Å². The summed E-state index contributed by atoms with van der Waals surface area (Å²) in [5.41, 5.74) is 0.677. The highest BCUT2D eigenvalue weighted by molar-refractivity contribution is 6.14. The maximum atomic E-state index is 15.1. The maximum Gasteiger partial charge on any atom is 0.380 e. The first-order valence-corrected chi connectivity index (χ1v) is 7.21. The lowest BCUT2D eigenvalue weighted by molar-refractivity contribution is -0.188. The molecule has 4 nitrogen and oxygen atoms in total. The SMILES string of the molecule is CCOC(=O)C(F)(OCc1ccccc1)C(=O)c1ccccc1. The highest BCUT2D eigenvalue weighted by Gasteiger charge is 2.50. The summed E-state index contributed by atoms with van der Waals surface area (Å²) in [6.07, 6.45) is 0. The van der Waals surface area contributed by atoms with Crippen LogP contribution >= 0.6 is 0 Å². The van der Waals surface area contributed by atoms with Crippen LogP contribution in [0.4, 0.5) is 4.39 Å². The predicted molar refractivity (Wildman–Crippen MR) is 82.5 cm³/mol. The standard InChI is InChI=1S/C18H17FO4/c1-2-22-17(21)18(19,16(20)15-11-7-4-8-12-15)23-13-14-9-5-3-6-10-14/h3-12H,2,13H2,1H3. The van der Waals surface area contributed by atoms with Crippen molar-refractivity contribution in [3.05, 3.63) is 71.8 Å². The van der Waals surface area contributed by atoms with Crippen molar-refractivity contribution in [1.82, 2.24) is 0 Å². The molecule has 2 aromatic carbocycles.